The van der Waals surface area contributed by atoms with Gasteiger partial charge in [0.1, 0.15) is 28.7 Å². The van der Waals surface area contributed by atoms with Gasteiger partial charge >= 0.3 is 0 Å². The molecule has 0 saturated heterocycles. The lowest BCUT2D eigenvalue weighted by molar-refractivity contribution is 0.102. The number of nitrogens with one attached hydrogen (secondary N) is 1. The SMILES string of the molecule is COc1cccc(-n2c(=O)c(C(=O)Nc3cc(F)ccc3F)c(O)c3cccnc32)c1. The number of nitrogens with zero attached hydrogens (tertiary/aromatic N) is 2. The van der Waals surface area contributed by atoms with E-state index >= 15 is 0 Å². The van der Waals surface area contributed by atoms with E-state index in [2.05, 4.69) is 10.3 Å². The van der Waals surface area contributed by atoms with Crippen LogP contribution in [0.25, 0.3) is 16.7 Å². The summed E-state index contributed by atoms with van der Waals surface area (Å²) in [6.45, 7) is 0. The third kappa shape index (κ3) is 3.57. The van der Waals surface area contributed by atoms with Gasteiger partial charge in [-0.2, -0.15) is 0 Å². The van der Waals surface area contributed by atoms with E-state index in [9.17, 15) is 23.5 Å². The predicted molar refractivity (Wildman–Crippen MR) is 110 cm³/mol. The van der Waals surface area contributed by atoms with Crippen LogP contribution in [-0.4, -0.2) is 27.7 Å². The number of hydrogen-bond acceptors (Lipinski definition) is 5. The molecule has 156 valence electrons. The summed E-state index contributed by atoms with van der Waals surface area (Å²) < 4.78 is 33.8. The van der Waals surface area contributed by atoms with Gasteiger partial charge in [-0.05, 0) is 36.4 Å². The summed E-state index contributed by atoms with van der Waals surface area (Å²) in [5.41, 5.74) is -1.58. The van der Waals surface area contributed by atoms with Gasteiger partial charge in [-0.25, -0.2) is 13.8 Å². The third-order valence-corrected chi connectivity index (χ3v) is 4.62. The second kappa shape index (κ2) is 7.86. The van der Waals surface area contributed by atoms with Crippen molar-refractivity contribution in [1.82, 2.24) is 9.55 Å². The summed E-state index contributed by atoms with van der Waals surface area (Å²) >= 11 is 0. The largest absolute Gasteiger partial charge is 0.506 e. The third-order valence-electron chi connectivity index (χ3n) is 4.62. The molecule has 4 rings (SSSR count). The quantitative estimate of drug-likeness (QED) is 0.523. The first-order chi connectivity index (χ1) is 14.9. The highest BCUT2D eigenvalue weighted by Crippen LogP contribution is 2.28. The molecule has 1 amide bonds. The average molecular weight is 423 g/mol. The molecular weight excluding hydrogens is 408 g/mol. The molecule has 0 aliphatic heterocycles. The normalized spacial score (nSPS) is 10.8. The molecule has 0 spiro atoms. The maximum absolute atomic E-state index is 14.0. The average Bonchev–Trinajstić information content (AvgIpc) is 2.76. The molecule has 2 aromatic heterocycles. The van der Waals surface area contributed by atoms with Gasteiger partial charge < -0.3 is 15.2 Å². The second-order valence-electron chi connectivity index (χ2n) is 6.52. The van der Waals surface area contributed by atoms with E-state index in [1.807, 2.05) is 0 Å². The van der Waals surface area contributed by atoms with Crippen LogP contribution in [0, 0.1) is 11.6 Å². The van der Waals surface area contributed by atoms with Crippen molar-refractivity contribution >= 4 is 22.6 Å². The Morgan fingerprint density at radius 1 is 1.13 bits per heavy atom. The lowest BCUT2D eigenvalue weighted by atomic mass is 10.1. The van der Waals surface area contributed by atoms with Gasteiger partial charge in [-0.15, -0.1) is 0 Å². The van der Waals surface area contributed by atoms with Crippen molar-refractivity contribution in [2.45, 2.75) is 0 Å². The first-order valence-corrected chi connectivity index (χ1v) is 9.04. The number of hydrogen-bond donors (Lipinski definition) is 2. The molecule has 0 radical (unpaired) electrons. The Kier molecular flexibility index (Phi) is 5.08. The Bertz CT molecular complexity index is 1390. The lowest BCUT2D eigenvalue weighted by Crippen LogP contribution is -2.29. The zero-order chi connectivity index (χ0) is 22.1. The smallest absolute Gasteiger partial charge is 0.273 e. The molecule has 0 fully saturated rings. The van der Waals surface area contributed by atoms with Crippen molar-refractivity contribution in [3.63, 3.8) is 0 Å². The van der Waals surface area contributed by atoms with Crippen LogP contribution in [0.3, 0.4) is 0 Å². The maximum atomic E-state index is 14.0. The molecule has 0 atom stereocenters. The van der Waals surface area contributed by atoms with Crippen molar-refractivity contribution in [3.8, 4) is 17.2 Å². The summed E-state index contributed by atoms with van der Waals surface area (Å²) in [6, 6.07) is 12.0. The minimum Gasteiger partial charge on any atom is -0.506 e. The fraction of sp³-hybridized carbons (Fsp3) is 0.0455. The number of halogens is 2. The first kappa shape index (κ1) is 20.0. The molecule has 0 saturated carbocycles. The molecule has 0 bridgehead atoms. The first-order valence-electron chi connectivity index (χ1n) is 9.04. The highest BCUT2D eigenvalue weighted by Gasteiger charge is 2.24. The van der Waals surface area contributed by atoms with E-state index in [1.165, 1.54) is 25.4 Å². The van der Waals surface area contributed by atoms with Gasteiger partial charge in [0, 0.05) is 18.3 Å². The summed E-state index contributed by atoms with van der Waals surface area (Å²) in [6.07, 6.45) is 1.43. The van der Waals surface area contributed by atoms with Gasteiger partial charge in [-0.1, -0.05) is 6.07 Å². The van der Waals surface area contributed by atoms with Gasteiger partial charge in [0.05, 0.1) is 23.9 Å². The van der Waals surface area contributed by atoms with Crippen LogP contribution in [0.4, 0.5) is 14.5 Å². The van der Waals surface area contributed by atoms with Crippen LogP contribution < -0.4 is 15.6 Å². The molecule has 0 unspecified atom stereocenters. The molecule has 4 aromatic rings. The van der Waals surface area contributed by atoms with Crippen molar-refractivity contribution in [2.75, 3.05) is 12.4 Å². The highest BCUT2D eigenvalue weighted by molar-refractivity contribution is 6.09. The Hall–Kier alpha value is -4.27. The molecule has 0 aliphatic rings. The van der Waals surface area contributed by atoms with Gasteiger partial charge in [0.2, 0.25) is 0 Å². The number of rotatable bonds is 4. The summed E-state index contributed by atoms with van der Waals surface area (Å²) in [5, 5.41) is 12.9. The van der Waals surface area contributed by atoms with E-state index < -0.39 is 40.1 Å². The van der Waals surface area contributed by atoms with Gasteiger partial charge in [0.25, 0.3) is 11.5 Å². The number of carbonyl (C=O) groups is 1. The standard InChI is InChI=1S/C22H15F2N3O4/c1-31-14-5-2-4-13(11-14)27-20-15(6-3-9-25-20)19(28)18(22(27)30)21(29)26-17-10-12(23)7-8-16(17)24/h2-11,28H,1H3,(H,26,29). The number of pyridine rings is 2. The number of anilines is 1. The highest BCUT2D eigenvalue weighted by atomic mass is 19.1. The number of ether oxygens (including phenoxy) is 1. The van der Waals surface area contributed by atoms with Crippen LogP contribution >= 0.6 is 0 Å². The number of carbonyl (C=O) groups excluding carboxylic acids is 1. The minimum atomic E-state index is -1.10. The topological polar surface area (TPSA) is 93.5 Å². The summed E-state index contributed by atoms with van der Waals surface area (Å²) in [5.74, 6) is -2.95. The number of methoxy groups -OCH3 is 1. The molecule has 31 heavy (non-hydrogen) atoms. The Balaban J connectivity index is 1.95. The predicted octanol–water partition coefficient (Wildman–Crippen LogP) is 3.63. The van der Waals surface area contributed by atoms with Crippen LogP contribution in [0.15, 0.2) is 65.6 Å². The van der Waals surface area contributed by atoms with Crippen molar-refractivity contribution in [2.24, 2.45) is 0 Å². The van der Waals surface area contributed by atoms with Crippen LogP contribution in [0.5, 0.6) is 11.5 Å². The minimum absolute atomic E-state index is 0.103. The summed E-state index contributed by atoms with van der Waals surface area (Å²) in [7, 11) is 1.46. The van der Waals surface area contributed by atoms with Crippen molar-refractivity contribution < 1.29 is 23.4 Å². The van der Waals surface area contributed by atoms with Crippen molar-refractivity contribution in [1.29, 1.82) is 0 Å². The number of benzene rings is 2. The van der Waals surface area contributed by atoms with E-state index in [0.717, 1.165) is 22.8 Å². The molecule has 0 aliphatic carbocycles. The van der Waals surface area contributed by atoms with Gasteiger partial charge in [-0.3, -0.25) is 14.2 Å². The second-order valence-corrected chi connectivity index (χ2v) is 6.52. The maximum Gasteiger partial charge on any atom is 0.273 e. The van der Waals surface area contributed by atoms with Crippen LogP contribution in [0.1, 0.15) is 10.4 Å². The van der Waals surface area contributed by atoms with E-state index in [-0.39, 0.29) is 11.0 Å². The Labute approximate surface area is 174 Å². The molecule has 2 aromatic carbocycles. The molecule has 9 heteroatoms. The Morgan fingerprint density at radius 3 is 2.71 bits per heavy atom. The van der Waals surface area contributed by atoms with Crippen LogP contribution in [0.2, 0.25) is 0 Å². The zero-order valence-corrected chi connectivity index (χ0v) is 16.1. The number of aromatic nitrogens is 2. The molecular formula is C22H15F2N3O4. The number of aromatic hydroxyl groups is 1. The summed E-state index contributed by atoms with van der Waals surface area (Å²) in [4.78, 5) is 30.3. The van der Waals surface area contributed by atoms with E-state index in [1.54, 1.807) is 24.3 Å². The van der Waals surface area contributed by atoms with Crippen molar-refractivity contribution in [3.05, 3.63) is 88.3 Å². The van der Waals surface area contributed by atoms with E-state index in [0.29, 0.717) is 11.4 Å². The zero-order valence-electron chi connectivity index (χ0n) is 16.1. The lowest BCUT2D eigenvalue weighted by Gasteiger charge is -2.15. The number of fused-ring (bicyclic) bond motifs is 1. The van der Waals surface area contributed by atoms with Crippen LogP contribution in [-0.2, 0) is 0 Å². The molecule has 7 nitrogen and oxygen atoms in total. The van der Waals surface area contributed by atoms with Gasteiger partial charge in [0.15, 0.2) is 5.65 Å². The van der Waals surface area contributed by atoms with E-state index in [4.69, 9.17) is 4.74 Å². The molecule has 2 N–H and O–H groups in total. The fourth-order valence-corrected chi connectivity index (χ4v) is 3.18. The fourth-order valence-electron chi connectivity index (χ4n) is 3.18. The molecule has 2 heterocycles. The Morgan fingerprint density at radius 2 is 1.94 bits per heavy atom. The monoisotopic (exact) mass is 423 g/mol. The number of amides is 1.